The van der Waals surface area contributed by atoms with Gasteiger partial charge in [-0.15, -0.1) is 0 Å². The van der Waals surface area contributed by atoms with E-state index in [4.69, 9.17) is 9.84 Å². The smallest absolute Gasteiger partial charge is 0.303 e. The molecule has 0 unspecified atom stereocenters. The van der Waals surface area contributed by atoms with Crippen LogP contribution in [0.5, 0.6) is 5.75 Å². The third kappa shape index (κ3) is 4.67. The number of ether oxygens (including phenoxy) is 1. The highest BCUT2D eigenvalue weighted by atomic mass is 16.5. The SMILES string of the molecule is COc1ccc(CCc2cc(C)c(CCC(=O)O)cc2-c2ccc3c(cnn3C)c2)cc1. The van der Waals surface area contributed by atoms with Gasteiger partial charge in [0.1, 0.15) is 5.75 Å². The van der Waals surface area contributed by atoms with E-state index in [-0.39, 0.29) is 6.42 Å². The summed E-state index contributed by atoms with van der Waals surface area (Å²) in [6, 6.07) is 19.0. The zero-order valence-corrected chi connectivity index (χ0v) is 18.8. The van der Waals surface area contributed by atoms with Crippen LogP contribution in [0.4, 0.5) is 0 Å². The molecule has 1 aromatic heterocycles. The van der Waals surface area contributed by atoms with Crippen LogP contribution >= 0.6 is 0 Å². The molecule has 0 aliphatic rings. The van der Waals surface area contributed by atoms with E-state index in [9.17, 15) is 4.79 Å². The molecule has 0 fully saturated rings. The molecule has 5 nitrogen and oxygen atoms in total. The second-order valence-corrected chi connectivity index (χ2v) is 8.22. The van der Waals surface area contributed by atoms with E-state index in [2.05, 4.69) is 54.5 Å². The maximum atomic E-state index is 11.1. The van der Waals surface area contributed by atoms with Gasteiger partial charge in [-0.05, 0) is 83.8 Å². The van der Waals surface area contributed by atoms with Gasteiger partial charge in [0, 0.05) is 18.9 Å². The van der Waals surface area contributed by atoms with Crippen molar-refractivity contribution in [1.82, 2.24) is 9.78 Å². The summed E-state index contributed by atoms with van der Waals surface area (Å²) < 4.78 is 7.14. The Labute approximate surface area is 188 Å². The van der Waals surface area contributed by atoms with Gasteiger partial charge < -0.3 is 9.84 Å². The van der Waals surface area contributed by atoms with Crippen LogP contribution in [0.15, 0.2) is 60.8 Å². The molecule has 1 N–H and O–H groups in total. The van der Waals surface area contributed by atoms with E-state index in [1.807, 2.05) is 30.1 Å². The molecular formula is C27H28N2O3. The fourth-order valence-corrected chi connectivity index (χ4v) is 4.20. The van der Waals surface area contributed by atoms with Gasteiger partial charge in [0.25, 0.3) is 0 Å². The first-order valence-corrected chi connectivity index (χ1v) is 10.8. The molecular weight excluding hydrogens is 400 g/mol. The van der Waals surface area contributed by atoms with Gasteiger partial charge in [0.05, 0.1) is 18.8 Å². The quantitative estimate of drug-likeness (QED) is 0.410. The minimum Gasteiger partial charge on any atom is -0.497 e. The van der Waals surface area contributed by atoms with Gasteiger partial charge in [-0.2, -0.15) is 5.10 Å². The average molecular weight is 429 g/mol. The van der Waals surface area contributed by atoms with Crippen LogP contribution < -0.4 is 4.74 Å². The minimum absolute atomic E-state index is 0.132. The number of aliphatic carboxylic acids is 1. The largest absolute Gasteiger partial charge is 0.497 e. The molecule has 0 aliphatic carbocycles. The molecule has 5 heteroatoms. The third-order valence-electron chi connectivity index (χ3n) is 6.07. The van der Waals surface area contributed by atoms with Crippen molar-refractivity contribution < 1.29 is 14.6 Å². The summed E-state index contributed by atoms with van der Waals surface area (Å²) in [5.41, 5.74) is 8.13. The second kappa shape index (κ2) is 9.27. The van der Waals surface area contributed by atoms with E-state index >= 15 is 0 Å². The van der Waals surface area contributed by atoms with Crippen LogP contribution in [-0.2, 0) is 31.1 Å². The molecule has 0 bridgehead atoms. The number of hydrogen-bond acceptors (Lipinski definition) is 3. The number of hydrogen-bond donors (Lipinski definition) is 1. The normalized spacial score (nSPS) is 11.1. The predicted molar refractivity (Wildman–Crippen MR) is 127 cm³/mol. The summed E-state index contributed by atoms with van der Waals surface area (Å²) in [5, 5.41) is 14.6. The fraction of sp³-hybridized carbons (Fsp3) is 0.259. The average Bonchev–Trinajstić information content (AvgIpc) is 3.17. The second-order valence-electron chi connectivity index (χ2n) is 8.22. The lowest BCUT2D eigenvalue weighted by Gasteiger charge is -2.16. The molecule has 0 atom stereocenters. The summed E-state index contributed by atoms with van der Waals surface area (Å²) >= 11 is 0. The maximum Gasteiger partial charge on any atom is 0.303 e. The molecule has 3 aromatic carbocycles. The van der Waals surface area contributed by atoms with Crippen molar-refractivity contribution >= 4 is 16.9 Å². The summed E-state index contributed by atoms with van der Waals surface area (Å²) in [6.45, 7) is 2.07. The number of aryl methyl sites for hydroxylation is 5. The van der Waals surface area contributed by atoms with E-state index in [0.717, 1.165) is 51.7 Å². The molecule has 4 rings (SSSR count). The molecule has 164 valence electrons. The number of carboxylic acids is 1. The zero-order chi connectivity index (χ0) is 22.7. The lowest BCUT2D eigenvalue weighted by molar-refractivity contribution is -0.136. The number of aromatic nitrogens is 2. The van der Waals surface area contributed by atoms with Crippen LogP contribution in [0.1, 0.15) is 28.7 Å². The topological polar surface area (TPSA) is 64.3 Å². The van der Waals surface area contributed by atoms with E-state index in [0.29, 0.717) is 6.42 Å². The molecule has 0 spiro atoms. The number of methoxy groups -OCH3 is 1. The number of nitrogens with zero attached hydrogens (tertiary/aromatic N) is 2. The lowest BCUT2D eigenvalue weighted by Crippen LogP contribution is -2.02. The molecule has 4 aromatic rings. The Morgan fingerprint density at radius 3 is 2.50 bits per heavy atom. The third-order valence-corrected chi connectivity index (χ3v) is 6.07. The predicted octanol–water partition coefficient (Wildman–Crippen LogP) is 5.36. The number of fused-ring (bicyclic) bond motifs is 1. The number of carboxylic acid groups (broad SMARTS) is 1. The Bertz CT molecular complexity index is 1260. The summed E-state index contributed by atoms with van der Waals surface area (Å²) in [6.07, 6.45) is 4.36. The summed E-state index contributed by atoms with van der Waals surface area (Å²) in [7, 11) is 3.62. The molecule has 0 amide bonds. The zero-order valence-electron chi connectivity index (χ0n) is 18.8. The Kier molecular flexibility index (Phi) is 6.26. The van der Waals surface area contributed by atoms with Gasteiger partial charge in [-0.1, -0.05) is 30.3 Å². The molecule has 1 heterocycles. The highest BCUT2D eigenvalue weighted by molar-refractivity contribution is 5.85. The molecule has 0 aliphatic heterocycles. The van der Waals surface area contributed by atoms with Crippen LogP contribution in [0.3, 0.4) is 0 Å². The summed E-state index contributed by atoms with van der Waals surface area (Å²) in [5.74, 6) is 0.0872. The number of benzene rings is 3. The summed E-state index contributed by atoms with van der Waals surface area (Å²) in [4.78, 5) is 11.1. The number of rotatable bonds is 8. The highest BCUT2D eigenvalue weighted by Gasteiger charge is 2.13. The first-order chi connectivity index (χ1) is 15.4. The van der Waals surface area contributed by atoms with Crippen LogP contribution in [0, 0.1) is 6.92 Å². The molecule has 0 saturated carbocycles. The minimum atomic E-state index is -0.772. The van der Waals surface area contributed by atoms with Crippen LogP contribution in [0.25, 0.3) is 22.0 Å². The van der Waals surface area contributed by atoms with Crippen LogP contribution in [0.2, 0.25) is 0 Å². The van der Waals surface area contributed by atoms with Crippen molar-refractivity contribution in [2.24, 2.45) is 7.05 Å². The monoisotopic (exact) mass is 428 g/mol. The fourth-order valence-electron chi connectivity index (χ4n) is 4.20. The van der Waals surface area contributed by atoms with Gasteiger partial charge in [0.2, 0.25) is 0 Å². The van der Waals surface area contributed by atoms with Crippen molar-refractivity contribution in [2.75, 3.05) is 7.11 Å². The molecule has 32 heavy (non-hydrogen) atoms. The van der Waals surface area contributed by atoms with E-state index in [1.54, 1.807) is 7.11 Å². The Balaban J connectivity index is 1.70. The number of carbonyl (C=O) groups is 1. The van der Waals surface area contributed by atoms with E-state index < -0.39 is 5.97 Å². The Morgan fingerprint density at radius 1 is 1.00 bits per heavy atom. The van der Waals surface area contributed by atoms with Crippen molar-refractivity contribution in [3.63, 3.8) is 0 Å². The first-order valence-electron chi connectivity index (χ1n) is 10.8. The first kappa shape index (κ1) is 21.6. The van der Waals surface area contributed by atoms with Crippen molar-refractivity contribution in [3.8, 4) is 16.9 Å². The van der Waals surface area contributed by atoms with Crippen molar-refractivity contribution in [3.05, 3.63) is 83.0 Å². The lowest BCUT2D eigenvalue weighted by atomic mass is 9.89. The van der Waals surface area contributed by atoms with Crippen molar-refractivity contribution in [1.29, 1.82) is 0 Å². The van der Waals surface area contributed by atoms with Gasteiger partial charge in [-0.3, -0.25) is 9.48 Å². The molecule has 0 radical (unpaired) electrons. The standard InChI is InChI=1S/C27H28N2O3/c1-18-14-21(7-4-19-5-10-24(32-3)11-6-19)25(16-20(18)9-13-27(30)31)22-8-12-26-23(15-22)17-28-29(26)2/h5-6,8,10-12,14-17H,4,7,9,13H2,1-3H3,(H,30,31). The molecule has 0 saturated heterocycles. The Morgan fingerprint density at radius 2 is 1.78 bits per heavy atom. The van der Waals surface area contributed by atoms with Crippen LogP contribution in [-0.4, -0.2) is 28.0 Å². The van der Waals surface area contributed by atoms with Crippen molar-refractivity contribution in [2.45, 2.75) is 32.6 Å². The van der Waals surface area contributed by atoms with Gasteiger partial charge >= 0.3 is 5.97 Å². The van der Waals surface area contributed by atoms with Gasteiger partial charge in [0.15, 0.2) is 0 Å². The maximum absolute atomic E-state index is 11.1. The Hall–Kier alpha value is -3.60. The van der Waals surface area contributed by atoms with E-state index in [1.165, 1.54) is 11.1 Å². The highest BCUT2D eigenvalue weighted by Crippen LogP contribution is 2.31. The van der Waals surface area contributed by atoms with Gasteiger partial charge in [-0.25, -0.2) is 0 Å².